The van der Waals surface area contributed by atoms with Crippen molar-refractivity contribution in [3.8, 4) is 11.1 Å². The van der Waals surface area contributed by atoms with Crippen LogP contribution in [-0.4, -0.2) is 70.2 Å². The number of benzene rings is 1. The van der Waals surface area contributed by atoms with E-state index < -0.39 is 0 Å². The Morgan fingerprint density at radius 2 is 1.97 bits per heavy atom. The van der Waals surface area contributed by atoms with E-state index in [1.807, 2.05) is 36.5 Å². The van der Waals surface area contributed by atoms with E-state index in [0.29, 0.717) is 18.0 Å². The van der Waals surface area contributed by atoms with Crippen LogP contribution < -0.4 is 5.32 Å². The van der Waals surface area contributed by atoms with Crippen LogP contribution in [0.25, 0.3) is 27.8 Å². The summed E-state index contributed by atoms with van der Waals surface area (Å²) in [7, 11) is 3.44. The van der Waals surface area contributed by atoms with Gasteiger partial charge in [0.25, 0.3) is 0 Å². The average molecular weight is 485 g/mol. The molecule has 0 bridgehead atoms. The van der Waals surface area contributed by atoms with E-state index in [4.69, 9.17) is 0 Å². The summed E-state index contributed by atoms with van der Waals surface area (Å²) in [6, 6.07) is 9.63. The molecule has 1 saturated carbocycles. The first-order valence-corrected chi connectivity index (χ1v) is 11.7. The fourth-order valence-corrected chi connectivity index (χ4v) is 3.93. The van der Waals surface area contributed by atoms with Gasteiger partial charge in [0.1, 0.15) is 12.1 Å². The SMILES string of the molecule is CN(C)C(=O)Cn1cc(-c2ccc3nnn(Cc4ccc5nc(NC(=O)C6CC6)cn5n4)c3c2)cn1. The maximum atomic E-state index is 12.0. The van der Waals surface area contributed by atoms with Crippen molar-refractivity contribution in [2.75, 3.05) is 19.4 Å². The van der Waals surface area contributed by atoms with Crippen LogP contribution in [-0.2, 0) is 22.7 Å². The quantitative estimate of drug-likeness (QED) is 0.373. The minimum atomic E-state index is -0.0258. The fraction of sp³-hybridized carbons (Fsp3) is 0.292. The molecule has 5 aromatic rings. The normalized spacial score (nSPS) is 13.4. The van der Waals surface area contributed by atoms with Crippen molar-refractivity contribution in [2.24, 2.45) is 5.92 Å². The van der Waals surface area contributed by atoms with Crippen molar-refractivity contribution >= 4 is 34.3 Å². The number of fused-ring (bicyclic) bond motifs is 2. The van der Waals surface area contributed by atoms with Crippen LogP contribution in [0.3, 0.4) is 0 Å². The van der Waals surface area contributed by atoms with Gasteiger partial charge in [0, 0.05) is 31.8 Å². The number of amides is 2. The molecule has 1 aliphatic carbocycles. The summed E-state index contributed by atoms with van der Waals surface area (Å²) >= 11 is 0. The zero-order chi connectivity index (χ0) is 24.8. The third-order valence-corrected chi connectivity index (χ3v) is 6.16. The molecule has 182 valence electrons. The minimum Gasteiger partial charge on any atom is -0.347 e. The smallest absolute Gasteiger partial charge is 0.243 e. The molecule has 0 radical (unpaired) electrons. The maximum Gasteiger partial charge on any atom is 0.243 e. The second-order valence-corrected chi connectivity index (χ2v) is 9.18. The van der Waals surface area contributed by atoms with Crippen molar-refractivity contribution < 1.29 is 9.59 Å². The lowest BCUT2D eigenvalue weighted by molar-refractivity contribution is -0.129. The number of aromatic nitrogens is 8. The summed E-state index contributed by atoms with van der Waals surface area (Å²) in [6.07, 6.45) is 7.19. The highest BCUT2D eigenvalue weighted by Crippen LogP contribution is 2.30. The molecule has 6 rings (SSSR count). The number of nitrogens with one attached hydrogen (secondary N) is 1. The van der Waals surface area contributed by atoms with Crippen LogP contribution >= 0.6 is 0 Å². The largest absolute Gasteiger partial charge is 0.347 e. The van der Waals surface area contributed by atoms with Gasteiger partial charge in [-0.15, -0.1) is 5.10 Å². The summed E-state index contributed by atoms with van der Waals surface area (Å²) in [5, 5.41) is 20.4. The van der Waals surface area contributed by atoms with Gasteiger partial charge in [-0.05, 0) is 42.7 Å². The summed E-state index contributed by atoms with van der Waals surface area (Å²) in [5.41, 5.74) is 4.89. The van der Waals surface area contributed by atoms with Crippen molar-refractivity contribution in [2.45, 2.75) is 25.9 Å². The molecule has 1 aromatic carbocycles. The van der Waals surface area contributed by atoms with Gasteiger partial charge >= 0.3 is 0 Å². The van der Waals surface area contributed by atoms with E-state index in [-0.39, 0.29) is 24.3 Å². The Labute approximate surface area is 205 Å². The summed E-state index contributed by atoms with van der Waals surface area (Å²) in [5.74, 6) is 0.597. The van der Waals surface area contributed by atoms with Crippen LogP contribution in [0.15, 0.2) is 48.9 Å². The van der Waals surface area contributed by atoms with Crippen LogP contribution in [0, 0.1) is 5.92 Å². The zero-order valence-electron chi connectivity index (χ0n) is 19.9. The number of carbonyl (C=O) groups excluding carboxylic acids is 2. The third kappa shape index (κ3) is 4.28. The number of imidazole rings is 1. The molecule has 36 heavy (non-hydrogen) atoms. The van der Waals surface area contributed by atoms with Gasteiger partial charge in [-0.2, -0.15) is 10.2 Å². The van der Waals surface area contributed by atoms with Crippen molar-refractivity contribution in [1.82, 2.24) is 44.3 Å². The van der Waals surface area contributed by atoms with Crippen molar-refractivity contribution in [1.29, 1.82) is 0 Å². The molecule has 4 aromatic heterocycles. The van der Waals surface area contributed by atoms with E-state index >= 15 is 0 Å². The molecule has 12 heteroatoms. The molecule has 0 saturated heterocycles. The molecule has 0 aliphatic heterocycles. The number of hydrogen-bond acceptors (Lipinski definition) is 7. The first-order chi connectivity index (χ1) is 17.4. The Balaban J connectivity index is 1.23. The highest BCUT2D eigenvalue weighted by Gasteiger charge is 2.30. The summed E-state index contributed by atoms with van der Waals surface area (Å²) in [6.45, 7) is 0.595. The number of rotatable bonds is 7. The second kappa shape index (κ2) is 8.56. The number of nitrogens with zero attached hydrogens (tertiary/aromatic N) is 9. The Kier molecular flexibility index (Phi) is 5.20. The highest BCUT2D eigenvalue weighted by atomic mass is 16.2. The predicted molar refractivity (Wildman–Crippen MR) is 131 cm³/mol. The van der Waals surface area contributed by atoms with Gasteiger partial charge in [-0.3, -0.25) is 14.3 Å². The monoisotopic (exact) mass is 484 g/mol. The molecule has 0 atom stereocenters. The van der Waals surface area contributed by atoms with E-state index in [0.717, 1.165) is 40.7 Å². The zero-order valence-corrected chi connectivity index (χ0v) is 19.9. The van der Waals surface area contributed by atoms with Gasteiger partial charge < -0.3 is 10.2 Å². The van der Waals surface area contributed by atoms with Crippen LogP contribution in [0.1, 0.15) is 18.5 Å². The van der Waals surface area contributed by atoms with Gasteiger partial charge in [0.05, 0.1) is 30.1 Å². The molecule has 0 unspecified atom stereocenters. The molecular formula is C24H24N10O2. The molecule has 1 N–H and O–H groups in total. The predicted octanol–water partition coefficient (Wildman–Crippen LogP) is 1.82. The van der Waals surface area contributed by atoms with Crippen LogP contribution in [0.5, 0.6) is 0 Å². The van der Waals surface area contributed by atoms with Crippen LogP contribution in [0.2, 0.25) is 0 Å². The molecule has 1 fully saturated rings. The lowest BCUT2D eigenvalue weighted by Gasteiger charge is -2.09. The Morgan fingerprint density at radius 3 is 2.78 bits per heavy atom. The van der Waals surface area contributed by atoms with Crippen molar-refractivity contribution in [3.63, 3.8) is 0 Å². The fourth-order valence-electron chi connectivity index (χ4n) is 3.93. The molecule has 2 amide bonds. The van der Waals surface area contributed by atoms with E-state index in [1.165, 1.54) is 4.90 Å². The van der Waals surface area contributed by atoms with Gasteiger partial charge in [-0.1, -0.05) is 11.3 Å². The average Bonchev–Trinajstić information content (AvgIpc) is 3.30. The highest BCUT2D eigenvalue weighted by molar-refractivity contribution is 5.93. The molecule has 12 nitrogen and oxygen atoms in total. The van der Waals surface area contributed by atoms with Gasteiger partial charge in [-0.25, -0.2) is 14.2 Å². The van der Waals surface area contributed by atoms with Gasteiger partial charge in [0.15, 0.2) is 11.5 Å². The van der Waals surface area contributed by atoms with E-state index in [9.17, 15) is 9.59 Å². The lowest BCUT2D eigenvalue weighted by atomic mass is 10.1. The summed E-state index contributed by atoms with van der Waals surface area (Å²) < 4.78 is 5.08. The molecular weight excluding hydrogens is 460 g/mol. The summed E-state index contributed by atoms with van der Waals surface area (Å²) in [4.78, 5) is 30.0. The molecule has 1 aliphatic rings. The minimum absolute atomic E-state index is 0.0124. The maximum absolute atomic E-state index is 12.0. The Hall–Kier alpha value is -4.61. The number of likely N-dealkylation sites (N-methyl/N-ethyl adjacent to an activating group) is 1. The van der Waals surface area contributed by atoms with E-state index in [2.05, 4.69) is 30.8 Å². The first-order valence-electron chi connectivity index (χ1n) is 11.7. The topological polar surface area (TPSA) is 128 Å². The van der Waals surface area contributed by atoms with Crippen molar-refractivity contribution in [3.05, 3.63) is 54.6 Å². The number of carbonyl (C=O) groups is 2. The molecule has 0 spiro atoms. The Bertz CT molecular complexity index is 1610. The third-order valence-electron chi connectivity index (χ3n) is 6.16. The number of hydrogen-bond donors (Lipinski definition) is 1. The Morgan fingerprint density at radius 1 is 1.11 bits per heavy atom. The first kappa shape index (κ1) is 21.9. The van der Waals surface area contributed by atoms with Gasteiger partial charge in [0.2, 0.25) is 11.8 Å². The number of anilines is 1. The lowest BCUT2D eigenvalue weighted by Crippen LogP contribution is -2.26. The standard InChI is InChI=1S/C24H24N10O2/c1-31(2)23(35)14-32-11-17(10-25-32)16-5-7-19-20(9-16)33(30-28-19)12-18-6-8-22-26-21(13-34(22)29-18)27-24(36)15-3-4-15/h5-11,13,15H,3-4,12,14H2,1-2H3,(H,27,36). The van der Waals surface area contributed by atoms with E-state index in [1.54, 1.807) is 40.4 Å². The van der Waals surface area contributed by atoms with Crippen LogP contribution in [0.4, 0.5) is 5.82 Å². The molecule has 4 heterocycles. The second-order valence-electron chi connectivity index (χ2n) is 9.18.